The van der Waals surface area contributed by atoms with Crippen LogP contribution >= 0.6 is 22.6 Å². The van der Waals surface area contributed by atoms with Crippen LogP contribution in [0.25, 0.3) is 0 Å². The average molecular weight is 491 g/mol. The van der Waals surface area contributed by atoms with Crippen LogP contribution in [-0.2, 0) is 10.1 Å². The van der Waals surface area contributed by atoms with Gasteiger partial charge in [0.25, 0.3) is 0 Å². The lowest BCUT2D eigenvalue weighted by molar-refractivity contribution is 0.0716. The third-order valence-electron chi connectivity index (χ3n) is 2.81. The van der Waals surface area contributed by atoms with Crippen LogP contribution in [0.3, 0.4) is 0 Å². The number of halogens is 5. The maximum atomic E-state index is 13.7. The molecule has 0 aliphatic heterocycles. The molecule has 0 amide bonds. The molecule has 0 bridgehead atoms. The second-order valence-corrected chi connectivity index (χ2v) is 6.90. The van der Waals surface area contributed by atoms with Crippen LogP contribution in [-0.4, -0.2) is 24.0 Å². The maximum Gasteiger partial charge on any atom is 0.343 e. The Morgan fingerprint density at radius 2 is 1.60 bits per heavy atom. The maximum absolute atomic E-state index is 13.7. The van der Waals surface area contributed by atoms with Crippen LogP contribution in [0.4, 0.5) is 17.6 Å². The van der Waals surface area contributed by atoms with Gasteiger partial charge in [-0.25, -0.2) is 22.0 Å². The van der Waals surface area contributed by atoms with Gasteiger partial charge in [0.15, 0.2) is 11.6 Å². The number of ether oxygens (including phenoxy) is 1. The van der Waals surface area contributed by atoms with Crippen molar-refractivity contribution < 1.29 is 45.2 Å². The van der Waals surface area contributed by atoms with Crippen LogP contribution in [0.2, 0.25) is 0 Å². The Hall–Kier alpha value is -1.93. The normalized spacial score (nSPS) is 11.4. The van der Waals surface area contributed by atoms with E-state index in [1.165, 1.54) is 6.07 Å². The second kappa shape index (κ2) is 6.76. The highest BCUT2D eigenvalue weighted by atomic mass is 127. The average Bonchev–Trinajstić information content (AvgIpc) is 2.51. The molecule has 0 aliphatic rings. The first kappa shape index (κ1) is 19.4. The summed E-state index contributed by atoms with van der Waals surface area (Å²) in [5.41, 5.74) is -0.418. The number of aromatic hydroxyl groups is 1. The number of carbonyl (C=O) groups excluding carboxylic acids is 1. The molecule has 0 unspecified atom stereocenters. The fourth-order valence-corrected chi connectivity index (χ4v) is 2.65. The van der Waals surface area contributed by atoms with Crippen LogP contribution in [0, 0.1) is 26.8 Å². The first-order chi connectivity index (χ1) is 11.4. The van der Waals surface area contributed by atoms with Gasteiger partial charge in [-0.05, 0) is 40.8 Å². The van der Waals surface area contributed by atoms with E-state index in [2.05, 4.69) is 4.74 Å². The fourth-order valence-electron chi connectivity index (χ4n) is 1.69. The summed E-state index contributed by atoms with van der Waals surface area (Å²) in [4.78, 5) is 9.43. The van der Waals surface area contributed by atoms with Crippen molar-refractivity contribution in [2.24, 2.45) is 0 Å². The minimum absolute atomic E-state index is 0.327. The zero-order chi connectivity index (χ0) is 19.1. The van der Waals surface area contributed by atoms with E-state index in [0.29, 0.717) is 3.57 Å². The van der Waals surface area contributed by atoms with E-state index in [1.807, 2.05) is 0 Å². The molecule has 12 heteroatoms. The predicted molar refractivity (Wildman–Crippen MR) is 80.0 cm³/mol. The molecule has 6 nitrogen and oxygen atoms in total. The molecule has 1 N–H and O–H groups in total. The third-order valence-corrected chi connectivity index (χ3v) is 4.58. The molecule has 0 fully saturated rings. The smallest absolute Gasteiger partial charge is 0.343 e. The van der Waals surface area contributed by atoms with E-state index in [9.17, 15) is 40.4 Å². The number of hydrogen-bond donors (Lipinski definition) is 1. The Morgan fingerprint density at radius 1 is 1.08 bits per heavy atom. The Morgan fingerprint density at radius 3 is 2.04 bits per heavy atom. The number of phenols is 1. The minimum atomic E-state index is -5.87. The van der Waals surface area contributed by atoms with Crippen LogP contribution in [0.1, 0.15) is 10.4 Å². The molecule has 25 heavy (non-hydrogen) atoms. The van der Waals surface area contributed by atoms with E-state index < -0.39 is 55.6 Å². The molecule has 0 saturated heterocycles. The molecule has 0 radical (unpaired) electrons. The van der Waals surface area contributed by atoms with Gasteiger partial charge in [0.05, 0.1) is 9.13 Å². The molecule has 134 valence electrons. The highest BCUT2D eigenvalue weighted by Crippen LogP contribution is 2.33. The monoisotopic (exact) mass is 491 g/mol. The SMILES string of the molecule is O=C(Oc1c(F)c(F)c(S(=O)(=O)[O-])c(F)c1F)c1ccc(I)c(O)c1. The Kier molecular flexibility index (Phi) is 5.24. The van der Waals surface area contributed by atoms with Crippen molar-refractivity contribution in [1.82, 2.24) is 0 Å². The van der Waals surface area contributed by atoms with E-state index >= 15 is 0 Å². The zero-order valence-electron chi connectivity index (χ0n) is 11.5. The Bertz CT molecular complexity index is 963. The van der Waals surface area contributed by atoms with Gasteiger partial charge in [-0.1, -0.05) is 0 Å². The number of rotatable bonds is 3. The lowest BCUT2D eigenvalue weighted by atomic mass is 10.2. The molecule has 2 aromatic carbocycles. The van der Waals surface area contributed by atoms with Crippen molar-refractivity contribution >= 4 is 38.7 Å². The van der Waals surface area contributed by atoms with Crippen molar-refractivity contribution in [3.63, 3.8) is 0 Å². The lowest BCUT2D eigenvalue weighted by Crippen LogP contribution is -2.16. The molecule has 2 rings (SSSR count). The molecular weight excluding hydrogens is 487 g/mol. The highest BCUT2D eigenvalue weighted by molar-refractivity contribution is 14.1. The molecule has 0 heterocycles. The summed E-state index contributed by atoms with van der Waals surface area (Å²) >= 11 is 1.71. The van der Waals surface area contributed by atoms with Crippen LogP contribution in [0.5, 0.6) is 11.5 Å². The third kappa shape index (κ3) is 3.69. The van der Waals surface area contributed by atoms with E-state index in [0.717, 1.165) is 12.1 Å². The summed E-state index contributed by atoms with van der Waals surface area (Å²) < 4.78 is 91.3. The largest absolute Gasteiger partial charge is 0.744 e. The summed E-state index contributed by atoms with van der Waals surface area (Å²) in [7, 11) is -5.87. The molecule has 0 saturated carbocycles. The first-order valence-corrected chi connectivity index (χ1v) is 8.46. The quantitative estimate of drug-likeness (QED) is 0.177. The van der Waals surface area contributed by atoms with Gasteiger partial charge >= 0.3 is 5.97 Å². The number of hydrogen-bond acceptors (Lipinski definition) is 6. The van der Waals surface area contributed by atoms with Crippen LogP contribution < -0.4 is 4.74 Å². The Balaban J connectivity index is 2.54. The van der Waals surface area contributed by atoms with Crippen LogP contribution in [0.15, 0.2) is 23.1 Å². The summed E-state index contributed by atoms with van der Waals surface area (Å²) in [6.07, 6.45) is 0. The highest BCUT2D eigenvalue weighted by Gasteiger charge is 2.31. The van der Waals surface area contributed by atoms with Gasteiger partial charge in [0.1, 0.15) is 20.8 Å². The molecule has 0 atom stereocenters. The van der Waals surface area contributed by atoms with Crippen molar-refractivity contribution in [3.8, 4) is 11.5 Å². The van der Waals surface area contributed by atoms with Gasteiger partial charge in [-0.15, -0.1) is 0 Å². The topological polar surface area (TPSA) is 104 Å². The van der Waals surface area contributed by atoms with E-state index in [-0.39, 0.29) is 5.75 Å². The molecular formula is C13H4F4IO6S-. The summed E-state index contributed by atoms with van der Waals surface area (Å²) in [6.45, 7) is 0. The number of esters is 1. The van der Waals surface area contributed by atoms with Crippen molar-refractivity contribution in [1.29, 1.82) is 0 Å². The van der Waals surface area contributed by atoms with Crippen molar-refractivity contribution in [2.75, 3.05) is 0 Å². The summed E-state index contributed by atoms with van der Waals surface area (Å²) in [6, 6.07) is 3.19. The van der Waals surface area contributed by atoms with Gasteiger partial charge in [0.2, 0.25) is 17.4 Å². The predicted octanol–water partition coefficient (Wildman–Crippen LogP) is 2.68. The molecule has 0 spiro atoms. The molecule has 2 aromatic rings. The van der Waals surface area contributed by atoms with Gasteiger partial charge in [0, 0.05) is 0 Å². The summed E-state index contributed by atoms with van der Waals surface area (Å²) in [5.74, 6) is -13.6. The number of carbonyl (C=O) groups is 1. The fraction of sp³-hybridized carbons (Fsp3) is 0. The standard InChI is InChI=1S/C13H5F4IO6S/c14-7-9(16)12(25(21,22)23)10(17)8(15)11(7)24-13(20)4-1-2-5(18)6(19)3-4/h1-3,19H,(H,21,22,23)/p-1. The van der Waals surface area contributed by atoms with E-state index in [1.54, 1.807) is 22.6 Å². The minimum Gasteiger partial charge on any atom is -0.744 e. The second-order valence-electron chi connectivity index (χ2n) is 4.42. The Labute approximate surface area is 150 Å². The molecule has 0 aromatic heterocycles. The van der Waals surface area contributed by atoms with E-state index in [4.69, 9.17) is 0 Å². The van der Waals surface area contributed by atoms with Gasteiger partial charge in [-0.3, -0.25) is 0 Å². The molecule has 0 aliphatic carbocycles. The van der Waals surface area contributed by atoms with Gasteiger partial charge in [-0.2, -0.15) is 8.78 Å². The first-order valence-electron chi connectivity index (χ1n) is 5.97. The van der Waals surface area contributed by atoms with Crippen molar-refractivity contribution in [2.45, 2.75) is 4.90 Å². The number of benzene rings is 2. The summed E-state index contributed by atoms with van der Waals surface area (Å²) in [5, 5.41) is 9.45. The number of phenolic OH excluding ortho intramolecular Hbond substituents is 1. The zero-order valence-corrected chi connectivity index (χ0v) is 14.5. The van der Waals surface area contributed by atoms with Crippen molar-refractivity contribution in [3.05, 3.63) is 50.6 Å². The van der Waals surface area contributed by atoms with Gasteiger partial charge < -0.3 is 14.4 Å². The lowest BCUT2D eigenvalue weighted by Gasteiger charge is -2.14.